The average molecular weight is 218 g/mol. The van der Waals surface area contributed by atoms with Crippen molar-refractivity contribution in [3.63, 3.8) is 0 Å². The zero-order valence-corrected chi connectivity index (χ0v) is 10.2. The first-order valence-electron chi connectivity index (χ1n) is 5.44. The highest BCUT2D eigenvalue weighted by atomic mass is 16.3. The number of aliphatic hydroxyl groups is 1. The maximum Gasteiger partial charge on any atom is 0.164 e. The van der Waals surface area contributed by atoms with Crippen LogP contribution in [0.5, 0.6) is 0 Å². The van der Waals surface area contributed by atoms with E-state index < -0.39 is 0 Å². The number of hydrogen-bond donors (Lipinski definition) is 1. The van der Waals surface area contributed by atoms with E-state index in [1.165, 1.54) is 0 Å². The maximum absolute atomic E-state index is 11.7. The summed E-state index contributed by atoms with van der Waals surface area (Å²) in [6.45, 7) is 7.30. The van der Waals surface area contributed by atoms with Crippen molar-refractivity contribution in [3.05, 3.63) is 41.0 Å². The molecule has 0 unspecified atom stereocenters. The number of rotatable bonds is 3. The molecule has 2 heteroatoms. The number of ketones is 1. The summed E-state index contributed by atoms with van der Waals surface area (Å²) in [4.78, 5) is 11.7. The molecule has 0 amide bonds. The Labute approximate surface area is 96.6 Å². The summed E-state index contributed by atoms with van der Waals surface area (Å²) >= 11 is 0. The van der Waals surface area contributed by atoms with Gasteiger partial charge in [0.05, 0.1) is 0 Å². The molecule has 2 nitrogen and oxygen atoms in total. The molecule has 0 spiro atoms. The van der Waals surface area contributed by atoms with E-state index in [0.717, 1.165) is 5.56 Å². The molecule has 86 valence electrons. The molecule has 0 aliphatic heterocycles. The fourth-order valence-electron chi connectivity index (χ4n) is 1.48. The molecule has 1 aromatic rings. The van der Waals surface area contributed by atoms with Gasteiger partial charge in [-0.15, -0.1) is 0 Å². The van der Waals surface area contributed by atoms with Gasteiger partial charge in [0, 0.05) is 17.1 Å². The molecule has 0 bridgehead atoms. The molecule has 0 fully saturated rings. The van der Waals surface area contributed by atoms with E-state index in [4.69, 9.17) is 0 Å². The normalized spacial score (nSPS) is 12.6. The zero-order valence-electron chi connectivity index (χ0n) is 10.2. The van der Waals surface area contributed by atoms with Gasteiger partial charge in [-0.2, -0.15) is 0 Å². The first kappa shape index (κ1) is 12.5. The van der Waals surface area contributed by atoms with E-state index in [2.05, 4.69) is 0 Å². The second-order valence-electron chi connectivity index (χ2n) is 4.36. The molecule has 0 saturated heterocycles. The minimum atomic E-state index is -0.0902. The van der Waals surface area contributed by atoms with Crippen LogP contribution >= 0.6 is 0 Å². The van der Waals surface area contributed by atoms with Crippen molar-refractivity contribution in [1.29, 1.82) is 0 Å². The summed E-state index contributed by atoms with van der Waals surface area (Å²) in [5.74, 6) is -0.0237. The van der Waals surface area contributed by atoms with Crippen molar-refractivity contribution in [2.75, 3.05) is 0 Å². The molecule has 1 aromatic carbocycles. The van der Waals surface area contributed by atoms with E-state index in [1.807, 2.05) is 45.0 Å². The van der Waals surface area contributed by atoms with Gasteiger partial charge < -0.3 is 5.11 Å². The van der Waals surface area contributed by atoms with Gasteiger partial charge in [0.1, 0.15) is 5.76 Å². The van der Waals surface area contributed by atoms with Gasteiger partial charge in [-0.1, -0.05) is 43.7 Å². The van der Waals surface area contributed by atoms with Gasteiger partial charge in [0.25, 0.3) is 0 Å². The lowest BCUT2D eigenvalue weighted by Crippen LogP contribution is -2.10. The van der Waals surface area contributed by atoms with Gasteiger partial charge in [-0.05, 0) is 13.8 Å². The molecule has 0 atom stereocenters. The Hall–Kier alpha value is -1.57. The maximum atomic E-state index is 11.7. The highest BCUT2D eigenvalue weighted by Crippen LogP contribution is 2.19. The number of aliphatic hydroxyl groups excluding tert-OH is 1. The third-order valence-electron chi connectivity index (χ3n) is 2.57. The van der Waals surface area contributed by atoms with Crippen LogP contribution in [0.3, 0.4) is 0 Å². The summed E-state index contributed by atoms with van der Waals surface area (Å²) in [6, 6.07) is 7.47. The van der Waals surface area contributed by atoms with Crippen LogP contribution in [0.15, 0.2) is 29.8 Å². The minimum absolute atomic E-state index is 0.0157. The average Bonchev–Trinajstić information content (AvgIpc) is 2.27. The topological polar surface area (TPSA) is 37.3 Å². The summed E-state index contributed by atoms with van der Waals surface area (Å²) in [5.41, 5.74) is 2.25. The Bertz CT molecular complexity index is 411. The second-order valence-corrected chi connectivity index (χ2v) is 4.36. The van der Waals surface area contributed by atoms with Crippen LogP contribution in [0.2, 0.25) is 0 Å². The third kappa shape index (κ3) is 2.72. The van der Waals surface area contributed by atoms with E-state index in [0.29, 0.717) is 11.1 Å². The molecule has 1 rings (SSSR count). The van der Waals surface area contributed by atoms with Gasteiger partial charge >= 0.3 is 0 Å². The summed E-state index contributed by atoms with van der Waals surface area (Å²) < 4.78 is 0. The number of aryl methyl sites for hydroxylation is 1. The lowest BCUT2D eigenvalue weighted by Gasteiger charge is -2.08. The Morgan fingerprint density at radius 1 is 1.19 bits per heavy atom. The van der Waals surface area contributed by atoms with Crippen molar-refractivity contribution in [3.8, 4) is 0 Å². The molecular formula is C14H18O2. The molecule has 0 heterocycles. The van der Waals surface area contributed by atoms with Crippen molar-refractivity contribution in [2.45, 2.75) is 27.7 Å². The van der Waals surface area contributed by atoms with E-state index in [9.17, 15) is 9.90 Å². The van der Waals surface area contributed by atoms with Crippen LogP contribution in [0.25, 0.3) is 5.76 Å². The SMILES string of the molecule is CC(C(=O)C(C)C)=C(O)c1ccc(C)cc1. The van der Waals surface area contributed by atoms with Crippen LogP contribution < -0.4 is 0 Å². The van der Waals surface area contributed by atoms with E-state index in [-0.39, 0.29) is 17.5 Å². The Morgan fingerprint density at radius 3 is 2.12 bits per heavy atom. The highest BCUT2D eigenvalue weighted by Gasteiger charge is 2.14. The number of allylic oxidation sites excluding steroid dienone is 1. The molecule has 16 heavy (non-hydrogen) atoms. The first-order chi connectivity index (χ1) is 7.43. The van der Waals surface area contributed by atoms with Crippen molar-refractivity contribution in [1.82, 2.24) is 0 Å². The highest BCUT2D eigenvalue weighted by molar-refractivity contribution is 6.01. The number of carbonyl (C=O) groups excluding carboxylic acids is 1. The third-order valence-corrected chi connectivity index (χ3v) is 2.57. The zero-order chi connectivity index (χ0) is 12.3. The van der Waals surface area contributed by atoms with E-state index >= 15 is 0 Å². The number of carbonyl (C=O) groups is 1. The summed E-state index contributed by atoms with van der Waals surface area (Å²) in [6.07, 6.45) is 0. The predicted octanol–water partition coefficient (Wildman–Crippen LogP) is 3.51. The number of hydrogen-bond acceptors (Lipinski definition) is 2. The fourth-order valence-corrected chi connectivity index (χ4v) is 1.48. The monoisotopic (exact) mass is 218 g/mol. The Balaban J connectivity index is 3.08. The van der Waals surface area contributed by atoms with Crippen molar-refractivity contribution in [2.24, 2.45) is 5.92 Å². The standard InChI is InChI=1S/C14H18O2/c1-9(2)13(15)11(4)14(16)12-7-5-10(3)6-8-12/h5-9,16H,1-4H3. The lowest BCUT2D eigenvalue weighted by atomic mass is 9.98. The number of benzene rings is 1. The van der Waals surface area contributed by atoms with Gasteiger partial charge in [-0.3, -0.25) is 4.79 Å². The van der Waals surface area contributed by atoms with Crippen molar-refractivity contribution < 1.29 is 9.90 Å². The van der Waals surface area contributed by atoms with Crippen molar-refractivity contribution >= 4 is 11.5 Å². The smallest absolute Gasteiger partial charge is 0.164 e. The van der Waals surface area contributed by atoms with Crippen LogP contribution in [0.1, 0.15) is 31.9 Å². The van der Waals surface area contributed by atoms with Crippen LogP contribution in [-0.4, -0.2) is 10.9 Å². The molecular weight excluding hydrogens is 200 g/mol. The van der Waals surface area contributed by atoms with Crippen LogP contribution in [0, 0.1) is 12.8 Å². The molecule has 0 aliphatic carbocycles. The molecule has 0 aromatic heterocycles. The fraction of sp³-hybridized carbons (Fsp3) is 0.357. The van der Waals surface area contributed by atoms with Crippen LogP contribution in [-0.2, 0) is 4.79 Å². The largest absolute Gasteiger partial charge is 0.507 e. The quantitative estimate of drug-likeness (QED) is 0.622. The van der Waals surface area contributed by atoms with Gasteiger partial charge in [0.15, 0.2) is 5.78 Å². The molecule has 0 radical (unpaired) electrons. The summed E-state index contributed by atoms with van der Waals surface area (Å²) in [5, 5.41) is 9.96. The molecule has 0 saturated carbocycles. The first-order valence-corrected chi connectivity index (χ1v) is 5.44. The van der Waals surface area contributed by atoms with Gasteiger partial charge in [-0.25, -0.2) is 0 Å². The van der Waals surface area contributed by atoms with Crippen LogP contribution in [0.4, 0.5) is 0 Å². The van der Waals surface area contributed by atoms with Gasteiger partial charge in [0.2, 0.25) is 0 Å². The number of Topliss-reactive ketones (excluding diaryl/α,β-unsaturated/α-hetero) is 1. The minimum Gasteiger partial charge on any atom is -0.507 e. The Morgan fingerprint density at radius 2 is 1.69 bits per heavy atom. The lowest BCUT2D eigenvalue weighted by molar-refractivity contribution is -0.118. The second kappa shape index (κ2) is 4.97. The Kier molecular flexibility index (Phi) is 3.88. The predicted molar refractivity (Wildman–Crippen MR) is 66.2 cm³/mol. The van der Waals surface area contributed by atoms with E-state index in [1.54, 1.807) is 6.92 Å². The molecule has 1 N–H and O–H groups in total. The summed E-state index contributed by atoms with van der Waals surface area (Å²) in [7, 11) is 0. The molecule has 0 aliphatic rings.